The van der Waals surface area contributed by atoms with Crippen molar-refractivity contribution in [3.05, 3.63) is 60.8 Å². The zero-order valence-corrected chi connectivity index (χ0v) is 27.5. The first-order chi connectivity index (χ1) is 20.7. The molecule has 3 N–H and O–H groups in total. The van der Waals surface area contributed by atoms with Gasteiger partial charge in [0.1, 0.15) is 0 Å². The van der Waals surface area contributed by atoms with Crippen LogP contribution in [-0.2, 0) is 4.79 Å². The Morgan fingerprint density at radius 1 is 0.571 bits per heavy atom. The molecule has 0 saturated heterocycles. The van der Waals surface area contributed by atoms with Crippen molar-refractivity contribution >= 4 is 5.91 Å². The average Bonchev–Trinajstić information content (AvgIpc) is 2.99. The lowest BCUT2D eigenvalue weighted by atomic mass is 10.1. The van der Waals surface area contributed by atoms with Crippen molar-refractivity contribution in [3.63, 3.8) is 0 Å². The van der Waals surface area contributed by atoms with E-state index in [1.165, 1.54) is 77.0 Å². The van der Waals surface area contributed by atoms with Gasteiger partial charge in [0.15, 0.2) is 0 Å². The molecule has 0 rings (SSSR count). The van der Waals surface area contributed by atoms with Gasteiger partial charge in [-0.2, -0.15) is 0 Å². The van der Waals surface area contributed by atoms with Crippen LogP contribution in [0.3, 0.4) is 0 Å². The fourth-order valence-electron chi connectivity index (χ4n) is 4.71. The van der Waals surface area contributed by atoms with E-state index < -0.39 is 12.1 Å². The lowest BCUT2D eigenvalue weighted by Crippen LogP contribution is -2.45. The highest BCUT2D eigenvalue weighted by Crippen LogP contribution is 2.10. The smallest absolute Gasteiger partial charge is 0.220 e. The van der Waals surface area contributed by atoms with Gasteiger partial charge in [0.05, 0.1) is 18.8 Å². The van der Waals surface area contributed by atoms with Crippen molar-refractivity contribution < 1.29 is 15.0 Å². The number of allylic oxidation sites excluding steroid dienone is 9. The molecule has 0 aromatic carbocycles. The van der Waals surface area contributed by atoms with Crippen LogP contribution in [0.2, 0.25) is 0 Å². The van der Waals surface area contributed by atoms with E-state index in [4.69, 9.17) is 0 Å². The van der Waals surface area contributed by atoms with Crippen LogP contribution in [-0.4, -0.2) is 34.9 Å². The van der Waals surface area contributed by atoms with E-state index in [2.05, 4.69) is 67.8 Å². The maximum absolute atomic E-state index is 12.3. The van der Waals surface area contributed by atoms with Crippen molar-refractivity contribution in [2.45, 2.75) is 167 Å². The zero-order chi connectivity index (χ0) is 30.8. The first kappa shape index (κ1) is 40.1. The summed E-state index contributed by atoms with van der Waals surface area (Å²) in [4.78, 5) is 12.3. The normalized spacial score (nSPS) is 13.9. The molecular formula is C38H67NO3. The Bertz CT molecular complexity index is 722. The number of aliphatic hydroxyl groups is 2. The van der Waals surface area contributed by atoms with Crippen LogP contribution in [0.1, 0.15) is 155 Å². The molecule has 0 fully saturated rings. The van der Waals surface area contributed by atoms with Gasteiger partial charge in [-0.1, -0.05) is 139 Å². The summed E-state index contributed by atoms with van der Waals surface area (Å²) in [5, 5.41) is 22.8. The number of hydrogen-bond donors (Lipinski definition) is 3. The molecule has 2 atom stereocenters. The van der Waals surface area contributed by atoms with Crippen molar-refractivity contribution in [1.29, 1.82) is 0 Å². The predicted octanol–water partition coefficient (Wildman–Crippen LogP) is 10.2. The minimum absolute atomic E-state index is 0.0973. The van der Waals surface area contributed by atoms with Crippen LogP contribution in [0.4, 0.5) is 0 Å². The standard InChI is InChI=1S/C38H67NO3/c1-3-5-7-9-11-13-15-17-18-19-20-22-23-25-27-29-31-33-37(41)36(35-40)39-38(42)34-32-30-28-26-24-21-16-14-12-10-8-6-4-2/h8,10,14,16,18-19,23,25,31,33,36-37,40-41H,3-7,9,11-13,15,17,20-22,24,26-30,32,34-35H2,1-2H3,(H,39,42)/b10-8-,16-14-,19-18+,25-23+,33-31+. The number of rotatable bonds is 30. The molecule has 2 unspecified atom stereocenters. The number of hydrogen-bond acceptors (Lipinski definition) is 3. The van der Waals surface area contributed by atoms with Gasteiger partial charge >= 0.3 is 0 Å². The molecule has 242 valence electrons. The van der Waals surface area contributed by atoms with Gasteiger partial charge in [0.25, 0.3) is 0 Å². The largest absolute Gasteiger partial charge is 0.394 e. The molecule has 0 aliphatic carbocycles. The fourth-order valence-corrected chi connectivity index (χ4v) is 4.71. The molecule has 4 heteroatoms. The maximum atomic E-state index is 12.3. The Hall–Kier alpha value is -1.91. The third-order valence-corrected chi connectivity index (χ3v) is 7.43. The molecule has 0 aromatic rings. The summed E-state index contributed by atoms with van der Waals surface area (Å²) in [6.07, 6.45) is 45.8. The fraction of sp³-hybridized carbons (Fsp3) is 0.711. The molecular weight excluding hydrogens is 518 g/mol. The molecule has 0 heterocycles. The first-order valence-corrected chi connectivity index (χ1v) is 17.5. The highest BCUT2D eigenvalue weighted by Gasteiger charge is 2.17. The second kappa shape index (κ2) is 33.6. The summed E-state index contributed by atoms with van der Waals surface area (Å²) in [5.74, 6) is -0.0973. The predicted molar refractivity (Wildman–Crippen MR) is 184 cm³/mol. The zero-order valence-electron chi connectivity index (χ0n) is 27.5. The second-order valence-electron chi connectivity index (χ2n) is 11.6. The first-order valence-electron chi connectivity index (χ1n) is 17.5. The van der Waals surface area contributed by atoms with Crippen LogP contribution in [0.25, 0.3) is 0 Å². The lowest BCUT2D eigenvalue weighted by Gasteiger charge is -2.19. The summed E-state index contributed by atoms with van der Waals surface area (Å²) in [5.41, 5.74) is 0. The molecule has 1 amide bonds. The average molecular weight is 586 g/mol. The van der Waals surface area contributed by atoms with Gasteiger partial charge in [-0.05, 0) is 70.6 Å². The molecule has 0 bridgehead atoms. The van der Waals surface area contributed by atoms with Crippen molar-refractivity contribution in [2.75, 3.05) is 6.61 Å². The van der Waals surface area contributed by atoms with Crippen LogP contribution < -0.4 is 5.32 Å². The van der Waals surface area contributed by atoms with E-state index in [-0.39, 0.29) is 12.5 Å². The molecule has 0 aliphatic rings. The van der Waals surface area contributed by atoms with E-state index in [9.17, 15) is 15.0 Å². The SMILES string of the molecule is CCC/C=C\C/C=C\CCCCCCCC(=O)NC(CO)C(O)/C=C/CC/C=C/CC/C=C/CCCCCCCCC. The topological polar surface area (TPSA) is 69.6 Å². The molecule has 0 aliphatic heterocycles. The van der Waals surface area contributed by atoms with E-state index in [0.29, 0.717) is 6.42 Å². The van der Waals surface area contributed by atoms with E-state index in [1.807, 2.05) is 6.08 Å². The Morgan fingerprint density at radius 3 is 1.62 bits per heavy atom. The highest BCUT2D eigenvalue weighted by atomic mass is 16.3. The van der Waals surface area contributed by atoms with Gasteiger partial charge in [-0.15, -0.1) is 0 Å². The van der Waals surface area contributed by atoms with E-state index in [0.717, 1.165) is 57.8 Å². The number of unbranched alkanes of at least 4 members (excludes halogenated alkanes) is 15. The van der Waals surface area contributed by atoms with Gasteiger partial charge in [0, 0.05) is 6.42 Å². The number of amides is 1. The second-order valence-corrected chi connectivity index (χ2v) is 11.6. The van der Waals surface area contributed by atoms with Gasteiger partial charge in [-0.25, -0.2) is 0 Å². The van der Waals surface area contributed by atoms with Crippen molar-refractivity contribution in [1.82, 2.24) is 5.32 Å². The van der Waals surface area contributed by atoms with Crippen LogP contribution >= 0.6 is 0 Å². The van der Waals surface area contributed by atoms with E-state index >= 15 is 0 Å². The quantitative estimate of drug-likeness (QED) is 0.0580. The molecule has 0 saturated carbocycles. The monoisotopic (exact) mass is 586 g/mol. The summed E-state index contributed by atoms with van der Waals surface area (Å²) >= 11 is 0. The molecule has 4 nitrogen and oxygen atoms in total. The molecule has 0 radical (unpaired) electrons. The summed E-state index contributed by atoms with van der Waals surface area (Å²) in [6.45, 7) is 4.19. The third kappa shape index (κ3) is 29.6. The van der Waals surface area contributed by atoms with E-state index in [1.54, 1.807) is 6.08 Å². The number of nitrogens with one attached hydrogen (secondary N) is 1. The Balaban J connectivity index is 3.77. The highest BCUT2D eigenvalue weighted by molar-refractivity contribution is 5.76. The minimum Gasteiger partial charge on any atom is -0.394 e. The number of carbonyl (C=O) groups excluding carboxylic acids is 1. The lowest BCUT2D eigenvalue weighted by molar-refractivity contribution is -0.123. The van der Waals surface area contributed by atoms with Crippen LogP contribution in [0, 0.1) is 0 Å². The Labute approximate surface area is 260 Å². The Morgan fingerprint density at radius 2 is 1.05 bits per heavy atom. The maximum Gasteiger partial charge on any atom is 0.220 e. The van der Waals surface area contributed by atoms with Gasteiger partial charge < -0.3 is 15.5 Å². The molecule has 0 aromatic heterocycles. The third-order valence-electron chi connectivity index (χ3n) is 7.43. The summed E-state index contributed by atoms with van der Waals surface area (Å²) < 4.78 is 0. The van der Waals surface area contributed by atoms with Crippen molar-refractivity contribution in [2.24, 2.45) is 0 Å². The van der Waals surface area contributed by atoms with Crippen LogP contribution in [0.15, 0.2) is 60.8 Å². The van der Waals surface area contributed by atoms with Crippen LogP contribution in [0.5, 0.6) is 0 Å². The molecule has 42 heavy (non-hydrogen) atoms. The summed E-state index contributed by atoms with van der Waals surface area (Å²) in [7, 11) is 0. The number of carbonyl (C=O) groups is 1. The van der Waals surface area contributed by atoms with Gasteiger partial charge in [-0.3, -0.25) is 4.79 Å². The van der Waals surface area contributed by atoms with Gasteiger partial charge in [0.2, 0.25) is 5.91 Å². The minimum atomic E-state index is -0.875. The van der Waals surface area contributed by atoms with Crippen molar-refractivity contribution in [3.8, 4) is 0 Å². The molecule has 0 spiro atoms. The summed E-state index contributed by atoms with van der Waals surface area (Å²) in [6, 6.07) is -0.652. The Kier molecular flexibility index (Phi) is 32.1. The number of aliphatic hydroxyl groups excluding tert-OH is 2.